The molecule has 1 aliphatic carbocycles. The molecule has 2 aromatic heterocycles. The van der Waals surface area contributed by atoms with Gasteiger partial charge in [0.25, 0.3) is 5.88 Å². The molecule has 0 unspecified atom stereocenters. The molecule has 11 heteroatoms. The summed E-state index contributed by atoms with van der Waals surface area (Å²) >= 11 is 0. The number of hydrogen-bond acceptors (Lipinski definition) is 7. The molecule has 1 fully saturated rings. The van der Waals surface area contributed by atoms with Gasteiger partial charge in [-0.3, -0.25) is 0 Å². The van der Waals surface area contributed by atoms with Gasteiger partial charge < -0.3 is 4.18 Å². The van der Waals surface area contributed by atoms with Crippen molar-refractivity contribution in [3.8, 4) is 5.88 Å². The lowest BCUT2D eigenvalue weighted by atomic mass is 9.78. The Labute approximate surface area is 154 Å². The largest absolute Gasteiger partial charge is 0.534 e. The number of alkyl halides is 3. The molecule has 1 saturated carbocycles. The van der Waals surface area contributed by atoms with E-state index in [0.717, 1.165) is 43.1 Å². The van der Waals surface area contributed by atoms with Gasteiger partial charge in [0, 0.05) is 17.9 Å². The van der Waals surface area contributed by atoms with Crippen molar-refractivity contribution < 1.29 is 25.8 Å². The molecule has 146 valence electrons. The molecule has 2 heterocycles. The summed E-state index contributed by atoms with van der Waals surface area (Å²) in [5.74, 6) is -0.458. The molecule has 3 rings (SSSR count). The fourth-order valence-electron chi connectivity index (χ4n) is 3.11. The van der Waals surface area contributed by atoms with Crippen LogP contribution in [0.1, 0.15) is 54.6 Å². The number of rotatable bonds is 4. The van der Waals surface area contributed by atoms with Crippen molar-refractivity contribution in [1.82, 2.24) is 20.4 Å². The average molecular weight is 402 g/mol. The van der Waals surface area contributed by atoms with Crippen LogP contribution in [0.4, 0.5) is 13.2 Å². The highest BCUT2D eigenvalue weighted by Crippen LogP contribution is 2.40. The standard InChI is InChI=1S/C16H17F3N4O3S/c1-10-5-6-13(21-20-10)11-3-2-4-12(9-11)14-7-8-15(23-22-14)26-27(24,25)16(17,18)19/h5-8,11-12H,2-4,9H2,1H3/t11-,12-/m0/s1. The Kier molecular flexibility index (Phi) is 5.31. The second-order valence-electron chi connectivity index (χ2n) is 6.44. The Morgan fingerprint density at radius 1 is 0.963 bits per heavy atom. The maximum Gasteiger partial charge on any atom is 0.534 e. The van der Waals surface area contributed by atoms with Gasteiger partial charge in [-0.2, -0.15) is 36.9 Å². The van der Waals surface area contributed by atoms with Crippen molar-refractivity contribution in [2.45, 2.75) is 50.0 Å². The van der Waals surface area contributed by atoms with E-state index in [1.54, 1.807) is 0 Å². The highest BCUT2D eigenvalue weighted by Gasteiger charge is 2.49. The van der Waals surface area contributed by atoms with Crippen LogP contribution >= 0.6 is 0 Å². The first kappa shape index (κ1) is 19.5. The van der Waals surface area contributed by atoms with Crippen molar-refractivity contribution in [2.75, 3.05) is 0 Å². The molecule has 2 atom stereocenters. The van der Waals surface area contributed by atoms with Crippen LogP contribution in [0.3, 0.4) is 0 Å². The van der Waals surface area contributed by atoms with Crippen LogP contribution in [0.15, 0.2) is 24.3 Å². The second-order valence-corrected chi connectivity index (χ2v) is 7.98. The molecule has 0 N–H and O–H groups in total. The van der Waals surface area contributed by atoms with Crippen LogP contribution in [0.2, 0.25) is 0 Å². The monoisotopic (exact) mass is 402 g/mol. The normalized spacial score (nSPS) is 21.0. The molecule has 0 spiro atoms. The quantitative estimate of drug-likeness (QED) is 0.572. The number of aromatic nitrogens is 4. The van der Waals surface area contributed by atoms with Gasteiger partial charge in [-0.1, -0.05) is 6.42 Å². The smallest absolute Gasteiger partial charge is 0.354 e. The van der Waals surface area contributed by atoms with Gasteiger partial charge in [0.2, 0.25) is 0 Å². The molecule has 0 saturated heterocycles. The predicted octanol–water partition coefficient (Wildman–Crippen LogP) is 3.24. The summed E-state index contributed by atoms with van der Waals surface area (Å²) in [5, 5.41) is 15.7. The number of aryl methyl sites for hydroxylation is 1. The van der Waals surface area contributed by atoms with E-state index in [4.69, 9.17) is 0 Å². The van der Waals surface area contributed by atoms with Gasteiger partial charge in [-0.25, -0.2) is 0 Å². The lowest BCUT2D eigenvalue weighted by Crippen LogP contribution is -2.28. The molecule has 1 aliphatic rings. The van der Waals surface area contributed by atoms with Crippen LogP contribution in [-0.4, -0.2) is 34.3 Å². The maximum atomic E-state index is 12.3. The van der Waals surface area contributed by atoms with Crippen molar-refractivity contribution >= 4 is 10.1 Å². The zero-order valence-electron chi connectivity index (χ0n) is 14.3. The van der Waals surface area contributed by atoms with E-state index in [9.17, 15) is 21.6 Å². The Morgan fingerprint density at radius 2 is 1.56 bits per heavy atom. The first-order chi connectivity index (χ1) is 12.7. The lowest BCUT2D eigenvalue weighted by Gasteiger charge is -2.28. The van der Waals surface area contributed by atoms with Crippen LogP contribution < -0.4 is 4.18 Å². The molecular formula is C16H17F3N4O3S. The van der Waals surface area contributed by atoms with Crippen LogP contribution in [0, 0.1) is 6.92 Å². The average Bonchev–Trinajstić information content (AvgIpc) is 2.62. The van der Waals surface area contributed by atoms with E-state index in [1.807, 2.05) is 19.1 Å². The topological polar surface area (TPSA) is 94.9 Å². The summed E-state index contributed by atoms with van der Waals surface area (Å²) in [6.45, 7) is 1.86. The molecule has 2 aromatic rings. The zero-order chi connectivity index (χ0) is 19.7. The van der Waals surface area contributed by atoms with Crippen LogP contribution in [0.25, 0.3) is 0 Å². The number of hydrogen-bond donors (Lipinski definition) is 0. The van der Waals surface area contributed by atoms with Crippen molar-refractivity contribution in [2.24, 2.45) is 0 Å². The van der Waals surface area contributed by atoms with Crippen molar-refractivity contribution in [3.05, 3.63) is 41.3 Å². The van der Waals surface area contributed by atoms with Gasteiger partial charge in [-0.05, 0) is 44.4 Å². The molecule has 0 bridgehead atoms. The Hall–Kier alpha value is -2.30. The predicted molar refractivity (Wildman–Crippen MR) is 88.4 cm³/mol. The minimum absolute atomic E-state index is 0.0487. The first-order valence-electron chi connectivity index (χ1n) is 8.30. The summed E-state index contributed by atoms with van der Waals surface area (Å²) in [6.07, 6.45) is 3.51. The minimum atomic E-state index is -5.75. The molecular weight excluding hydrogens is 385 g/mol. The van der Waals surface area contributed by atoms with Crippen molar-refractivity contribution in [3.63, 3.8) is 0 Å². The third-order valence-electron chi connectivity index (χ3n) is 4.47. The first-order valence-corrected chi connectivity index (χ1v) is 9.71. The van der Waals surface area contributed by atoms with Crippen molar-refractivity contribution in [1.29, 1.82) is 0 Å². The molecule has 0 amide bonds. The van der Waals surface area contributed by atoms with E-state index in [1.165, 1.54) is 6.07 Å². The Balaban J connectivity index is 1.70. The SMILES string of the molecule is Cc1ccc([C@H]2CCC[C@H](c3ccc(OS(=O)(=O)C(F)(F)F)nn3)C2)nn1. The third kappa shape index (κ3) is 4.52. The third-order valence-corrected chi connectivity index (χ3v) is 5.43. The highest BCUT2D eigenvalue weighted by molar-refractivity contribution is 7.87. The Morgan fingerprint density at radius 3 is 2.04 bits per heavy atom. The summed E-state index contributed by atoms with van der Waals surface area (Å²) in [4.78, 5) is 0. The van der Waals surface area contributed by atoms with E-state index >= 15 is 0 Å². The zero-order valence-corrected chi connectivity index (χ0v) is 15.2. The van der Waals surface area contributed by atoms with Crippen LogP contribution in [0.5, 0.6) is 5.88 Å². The summed E-state index contributed by atoms with van der Waals surface area (Å²) in [7, 11) is -5.75. The fraction of sp³-hybridized carbons (Fsp3) is 0.500. The van der Waals surface area contributed by atoms with Gasteiger partial charge >= 0.3 is 15.6 Å². The number of halogens is 3. The Bertz CT molecular complexity index is 887. The molecule has 27 heavy (non-hydrogen) atoms. The molecule has 0 aliphatic heterocycles. The summed E-state index contributed by atoms with van der Waals surface area (Å²) in [5.41, 5.74) is -3.20. The van der Waals surface area contributed by atoms with Gasteiger partial charge in [0.05, 0.1) is 17.1 Å². The molecule has 0 radical (unpaired) electrons. The molecule has 0 aromatic carbocycles. The van der Waals surface area contributed by atoms with E-state index in [0.29, 0.717) is 5.69 Å². The van der Waals surface area contributed by atoms with Gasteiger partial charge in [0.15, 0.2) is 0 Å². The molecule has 7 nitrogen and oxygen atoms in total. The fourth-order valence-corrected chi connectivity index (χ4v) is 3.51. The van der Waals surface area contributed by atoms with E-state index in [-0.39, 0.29) is 11.8 Å². The van der Waals surface area contributed by atoms with Gasteiger partial charge in [-0.15, -0.1) is 5.10 Å². The summed E-state index contributed by atoms with van der Waals surface area (Å²) in [6, 6.07) is 6.38. The van der Waals surface area contributed by atoms with Gasteiger partial charge in [0.1, 0.15) is 0 Å². The lowest BCUT2D eigenvalue weighted by molar-refractivity contribution is -0.0501. The van der Waals surface area contributed by atoms with E-state index in [2.05, 4.69) is 24.6 Å². The second kappa shape index (κ2) is 7.37. The van der Waals surface area contributed by atoms with Crippen LogP contribution in [-0.2, 0) is 10.1 Å². The minimum Gasteiger partial charge on any atom is -0.354 e. The number of nitrogens with zero attached hydrogens (tertiary/aromatic N) is 4. The maximum absolute atomic E-state index is 12.3. The summed E-state index contributed by atoms with van der Waals surface area (Å²) < 4.78 is 63.0. The highest BCUT2D eigenvalue weighted by atomic mass is 32.2. The van der Waals surface area contributed by atoms with E-state index < -0.39 is 21.5 Å².